The van der Waals surface area contributed by atoms with E-state index in [4.69, 9.17) is 4.74 Å². The largest absolute Gasteiger partial charge is 0.385 e. The molecule has 82 valence electrons. The van der Waals surface area contributed by atoms with Crippen LogP contribution in [0.4, 0.5) is 4.39 Å². The van der Waals surface area contributed by atoms with Gasteiger partial charge in [-0.15, -0.1) is 0 Å². The summed E-state index contributed by atoms with van der Waals surface area (Å²) in [6, 6.07) is 4.85. The average Bonchev–Trinajstić information content (AvgIpc) is 2.23. The first-order chi connectivity index (χ1) is 7.12. The summed E-state index contributed by atoms with van der Waals surface area (Å²) in [6.45, 7) is 2.87. The molecule has 1 aliphatic rings. The molecule has 0 aliphatic carbocycles. The molecular formula is C12H15FO2. The Balaban J connectivity index is 2.38. The molecule has 1 fully saturated rings. The summed E-state index contributed by atoms with van der Waals surface area (Å²) in [4.78, 5) is 0. The molecule has 1 aromatic rings. The van der Waals surface area contributed by atoms with Crippen LogP contribution in [0.2, 0.25) is 0 Å². The van der Waals surface area contributed by atoms with Crippen LogP contribution < -0.4 is 0 Å². The van der Waals surface area contributed by atoms with Crippen molar-refractivity contribution in [3.05, 3.63) is 35.1 Å². The second-order valence-electron chi connectivity index (χ2n) is 4.13. The van der Waals surface area contributed by atoms with Gasteiger partial charge in [-0.2, -0.15) is 0 Å². The van der Waals surface area contributed by atoms with E-state index in [2.05, 4.69) is 0 Å². The molecule has 0 aromatic heterocycles. The summed E-state index contributed by atoms with van der Waals surface area (Å²) in [5.74, 6) is -0.329. The standard InChI is InChI=1S/C12H15FO2/c1-9-2-3-11(13)10(8-9)12(14)4-6-15-7-5-12/h2-3,8,14H,4-7H2,1H3. The van der Waals surface area contributed by atoms with Crippen LogP contribution >= 0.6 is 0 Å². The smallest absolute Gasteiger partial charge is 0.129 e. The molecule has 2 nitrogen and oxygen atoms in total. The summed E-state index contributed by atoms with van der Waals surface area (Å²) in [5.41, 5.74) is 0.325. The van der Waals surface area contributed by atoms with Crippen LogP contribution in [0.25, 0.3) is 0 Å². The number of aryl methyl sites for hydroxylation is 1. The number of rotatable bonds is 1. The van der Waals surface area contributed by atoms with Crippen molar-refractivity contribution < 1.29 is 14.2 Å². The lowest BCUT2D eigenvalue weighted by Gasteiger charge is -2.32. The Morgan fingerprint density at radius 2 is 2.00 bits per heavy atom. The van der Waals surface area contributed by atoms with E-state index < -0.39 is 5.60 Å². The summed E-state index contributed by atoms with van der Waals surface area (Å²) in [7, 11) is 0. The summed E-state index contributed by atoms with van der Waals surface area (Å²) in [5, 5.41) is 10.3. The fraction of sp³-hybridized carbons (Fsp3) is 0.500. The van der Waals surface area contributed by atoms with Crippen molar-refractivity contribution in [2.75, 3.05) is 13.2 Å². The molecule has 0 spiro atoms. The second-order valence-corrected chi connectivity index (χ2v) is 4.13. The molecule has 0 bridgehead atoms. The quantitative estimate of drug-likeness (QED) is 0.769. The first kappa shape index (κ1) is 10.6. The van der Waals surface area contributed by atoms with Crippen LogP contribution in [0.1, 0.15) is 24.0 Å². The third kappa shape index (κ3) is 2.03. The van der Waals surface area contributed by atoms with Crippen LogP contribution in [-0.2, 0) is 10.3 Å². The van der Waals surface area contributed by atoms with Gasteiger partial charge in [-0.3, -0.25) is 0 Å². The maximum atomic E-state index is 13.6. The van der Waals surface area contributed by atoms with Crippen molar-refractivity contribution in [1.82, 2.24) is 0 Å². The minimum Gasteiger partial charge on any atom is -0.385 e. The van der Waals surface area contributed by atoms with E-state index in [1.54, 1.807) is 12.1 Å². The van der Waals surface area contributed by atoms with E-state index in [1.807, 2.05) is 6.92 Å². The van der Waals surface area contributed by atoms with Gasteiger partial charge in [0.15, 0.2) is 0 Å². The molecule has 0 atom stereocenters. The Morgan fingerprint density at radius 1 is 1.33 bits per heavy atom. The van der Waals surface area contributed by atoms with Crippen molar-refractivity contribution in [2.24, 2.45) is 0 Å². The maximum Gasteiger partial charge on any atom is 0.129 e. The van der Waals surface area contributed by atoms with Gasteiger partial charge in [-0.25, -0.2) is 4.39 Å². The molecule has 1 aromatic carbocycles. The summed E-state index contributed by atoms with van der Waals surface area (Å²) < 4.78 is 18.8. The van der Waals surface area contributed by atoms with Crippen LogP contribution in [0.3, 0.4) is 0 Å². The molecule has 0 amide bonds. The Bertz CT molecular complexity index is 357. The van der Waals surface area contributed by atoms with Crippen molar-refractivity contribution in [3.63, 3.8) is 0 Å². The van der Waals surface area contributed by atoms with Gasteiger partial charge in [-0.1, -0.05) is 17.7 Å². The molecule has 1 saturated heterocycles. The first-order valence-corrected chi connectivity index (χ1v) is 5.19. The second kappa shape index (κ2) is 3.91. The fourth-order valence-electron chi connectivity index (χ4n) is 1.97. The van der Waals surface area contributed by atoms with E-state index in [9.17, 15) is 9.50 Å². The Labute approximate surface area is 88.7 Å². The maximum absolute atomic E-state index is 13.6. The average molecular weight is 210 g/mol. The lowest BCUT2D eigenvalue weighted by atomic mass is 9.85. The van der Waals surface area contributed by atoms with E-state index in [1.165, 1.54) is 6.07 Å². The highest BCUT2D eigenvalue weighted by Crippen LogP contribution is 2.33. The van der Waals surface area contributed by atoms with Crippen molar-refractivity contribution >= 4 is 0 Å². The fourth-order valence-corrected chi connectivity index (χ4v) is 1.97. The molecule has 1 N–H and O–H groups in total. The predicted molar refractivity (Wildman–Crippen MR) is 55.1 cm³/mol. The monoisotopic (exact) mass is 210 g/mol. The van der Waals surface area contributed by atoms with Crippen molar-refractivity contribution in [3.8, 4) is 0 Å². The molecule has 1 heterocycles. The van der Waals surface area contributed by atoms with Gasteiger partial charge in [0.05, 0.1) is 5.60 Å². The number of ether oxygens (including phenoxy) is 1. The van der Waals surface area contributed by atoms with E-state index in [0.29, 0.717) is 31.6 Å². The topological polar surface area (TPSA) is 29.5 Å². The van der Waals surface area contributed by atoms with E-state index in [-0.39, 0.29) is 5.82 Å². The normalized spacial score (nSPS) is 20.2. The number of hydrogen-bond acceptors (Lipinski definition) is 2. The zero-order valence-corrected chi connectivity index (χ0v) is 8.79. The van der Waals surface area contributed by atoms with Gasteiger partial charge in [0.2, 0.25) is 0 Å². The molecular weight excluding hydrogens is 195 g/mol. The van der Waals surface area contributed by atoms with Crippen LogP contribution in [0.5, 0.6) is 0 Å². The molecule has 0 radical (unpaired) electrons. The number of hydrogen-bond donors (Lipinski definition) is 1. The molecule has 2 rings (SSSR count). The minimum absolute atomic E-state index is 0.329. The van der Waals surface area contributed by atoms with Crippen LogP contribution in [-0.4, -0.2) is 18.3 Å². The first-order valence-electron chi connectivity index (χ1n) is 5.19. The zero-order valence-electron chi connectivity index (χ0n) is 8.79. The third-order valence-corrected chi connectivity index (χ3v) is 2.94. The lowest BCUT2D eigenvalue weighted by Crippen LogP contribution is -2.34. The molecule has 0 unspecified atom stereocenters. The van der Waals surface area contributed by atoms with Gasteiger partial charge in [0.1, 0.15) is 5.82 Å². The predicted octanol–water partition coefficient (Wildman–Crippen LogP) is 2.13. The SMILES string of the molecule is Cc1ccc(F)c(C2(O)CCOCC2)c1. The van der Waals surface area contributed by atoms with Crippen molar-refractivity contribution in [1.29, 1.82) is 0 Å². The number of halogens is 1. The Morgan fingerprint density at radius 3 is 2.67 bits per heavy atom. The molecule has 0 saturated carbocycles. The van der Waals surface area contributed by atoms with E-state index >= 15 is 0 Å². The van der Waals surface area contributed by atoms with E-state index in [0.717, 1.165) is 5.56 Å². The summed E-state index contributed by atoms with van der Waals surface area (Å²) >= 11 is 0. The molecule has 1 aliphatic heterocycles. The Hall–Kier alpha value is -0.930. The lowest BCUT2D eigenvalue weighted by molar-refractivity contribution is -0.0698. The minimum atomic E-state index is -1.05. The summed E-state index contributed by atoms with van der Waals surface area (Å²) in [6.07, 6.45) is 0.931. The van der Waals surface area contributed by atoms with Crippen molar-refractivity contribution in [2.45, 2.75) is 25.4 Å². The molecule has 15 heavy (non-hydrogen) atoms. The van der Waals surface area contributed by atoms with Gasteiger partial charge in [0, 0.05) is 31.6 Å². The van der Waals surface area contributed by atoms with Crippen LogP contribution in [0, 0.1) is 12.7 Å². The van der Waals surface area contributed by atoms with Gasteiger partial charge in [-0.05, 0) is 13.0 Å². The number of aliphatic hydroxyl groups is 1. The highest BCUT2D eigenvalue weighted by atomic mass is 19.1. The van der Waals surface area contributed by atoms with Gasteiger partial charge < -0.3 is 9.84 Å². The highest BCUT2D eigenvalue weighted by Gasteiger charge is 2.34. The zero-order chi connectivity index (χ0) is 10.9. The van der Waals surface area contributed by atoms with Crippen LogP contribution in [0.15, 0.2) is 18.2 Å². The van der Waals surface area contributed by atoms with Gasteiger partial charge >= 0.3 is 0 Å². The third-order valence-electron chi connectivity index (χ3n) is 2.94. The highest BCUT2D eigenvalue weighted by molar-refractivity contribution is 5.29. The Kier molecular flexibility index (Phi) is 2.76. The van der Waals surface area contributed by atoms with Gasteiger partial charge in [0.25, 0.3) is 0 Å². The molecule has 3 heteroatoms. The number of benzene rings is 1.